The lowest BCUT2D eigenvalue weighted by atomic mass is 10.1. The molecule has 0 aliphatic rings. The van der Waals surface area contributed by atoms with Crippen LogP contribution in [0, 0.1) is 0 Å². The minimum atomic E-state index is -0.124. The lowest BCUT2D eigenvalue weighted by Gasteiger charge is -2.19. The van der Waals surface area contributed by atoms with Crippen LogP contribution in [-0.4, -0.2) is 24.7 Å². The minimum absolute atomic E-state index is 0.124. The Morgan fingerprint density at radius 2 is 2.00 bits per heavy atom. The quantitative estimate of drug-likeness (QED) is 0.462. The second kappa shape index (κ2) is 9.26. The number of hydrogen-bond acceptors (Lipinski definition) is 2. The topological polar surface area (TPSA) is 45.7 Å². The molecule has 0 spiro atoms. The number of nitrogens with one attached hydrogen (secondary N) is 2. The summed E-state index contributed by atoms with van der Waals surface area (Å²) < 4.78 is 5.82. The first-order chi connectivity index (χ1) is 10.4. The molecular weight excluding hydrogens is 274 g/mol. The highest BCUT2D eigenvalue weighted by Gasteiger charge is 2.10. The second-order valence-electron chi connectivity index (χ2n) is 6.09. The molecule has 1 rings (SSSR count). The lowest BCUT2D eigenvalue weighted by Crippen LogP contribution is -2.37. The van der Waals surface area contributed by atoms with Gasteiger partial charge in [0.1, 0.15) is 0 Å². The van der Waals surface area contributed by atoms with Gasteiger partial charge >= 0.3 is 0 Å². The first kappa shape index (κ1) is 18.2. The molecule has 0 amide bonds. The Hall–Kier alpha value is -1.81. The van der Waals surface area contributed by atoms with Gasteiger partial charge in [-0.2, -0.15) is 0 Å². The van der Waals surface area contributed by atoms with Crippen LogP contribution in [0.5, 0.6) is 0 Å². The number of aliphatic imine (C=N–C) groups is 1. The molecule has 0 fully saturated rings. The highest BCUT2D eigenvalue weighted by molar-refractivity contribution is 5.79. The van der Waals surface area contributed by atoms with E-state index in [2.05, 4.69) is 74.2 Å². The van der Waals surface area contributed by atoms with Crippen molar-refractivity contribution >= 4 is 5.96 Å². The Morgan fingerprint density at radius 1 is 1.27 bits per heavy atom. The third kappa shape index (κ3) is 7.84. The van der Waals surface area contributed by atoms with Crippen LogP contribution < -0.4 is 10.6 Å². The van der Waals surface area contributed by atoms with Crippen LogP contribution in [0.15, 0.2) is 41.9 Å². The van der Waals surface area contributed by atoms with Gasteiger partial charge in [-0.15, -0.1) is 6.58 Å². The first-order valence-corrected chi connectivity index (χ1v) is 7.79. The van der Waals surface area contributed by atoms with E-state index >= 15 is 0 Å². The maximum atomic E-state index is 5.82. The zero-order valence-electron chi connectivity index (χ0n) is 14.3. The highest BCUT2D eigenvalue weighted by atomic mass is 16.5. The Labute approximate surface area is 134 Å². The van der Waals surface area contributed by atoms with Crippen LogP contribution in [0.3, 0.4) is 0 Å². The molecule has 0 radical (unpaired) electrons. The molecule has 4 nitrogen and oxygen atoms in total. The lowest BCUT2D eigenvalue weighted by molar-refractivity contribution is -0.0149. The van der Waals surface area contributed by atoms with E-state index in [9.17, 15) is 0 Å². The van der Waals surface area contributed by atoms with Gasteiger partial charge in [0.05, 0.1) is 18.8 Å². The summed E-state index contributed by atoms with van der Waals surface area (Å²) in [5.74, 6) is 0.804. The van der Waals surface area contributed by atoms with Crippen LogP contribution in [0.1, 0.15) is 38.8 Å². The second-order valence-corrected chi connectivity index (χ2v) is 6.09. The normalized spacial score (nSPS) is 12.1. The molecule has 2 N–H and O–H groups in total. The third-order valence-electron chi connectivity index (χ3n) is 2.84. The van der Waals surface area contributed by atoms with E-state index < -0.39 is 0 Å². The van der Waals surface area contributed by atoms with Crippen molar-refractivity contribution in [3.8, 4) is 0 Å². The van der Waals surface area contributed by atoms with Gasteiger partial charge in [0.2, 0.25) is 0 Å². The summed E-state index contributed by atoms with van der Waals surface area (Å²) >= 11 is 0. The molecule has 1 aromatic rings. The summed E-state index contributed by atoms with van der Waals surface area (Å²) in [6.07, 6.45) is 1.82. The predicted octanol–water partition coefficient (Wildman–Crippen LogP) is 3.24. The standard InChI is InChI=1S/C18H29N3O/c1-6-11-20-17(19-7-2)21-13-15-9-8-10-16(12-15)14-22-18(3,4)5/h6,8-10,12H,1,7,11,13-14H2,2-5H3,(H2,19,20,21). The molecule has 1 aromatic carbocycles. The fraction of sp³-hybridized carbons (Fsp3) is 0.500. The summed E-state index contributed by atoms with van der Waals surface area (Å²) in [5.41, 5.74) is 2.22. The zero-order chi connectivity index (χ0) is 16.4. The van der Waals surface area contributed by atoms with Crippen LogP contribution in [0.4, 0.5) is 0 Å². The maximum absolute atomic E-state index is 5.82. The molecule has 4 heteroatoms. The van der Waals surface area contributed by atoms with Gasteiger partial charge in [-0.25, -0.2) is 4.99 Å². The van der Waals surface area contributed by atoms with Crippen molar-refractivity contribution in [3.05, 3.63) is 48.0 Å². The van der Waals surface area contributed by atoms with Gasteiger partial charge in [0.25, 0.3) is 0 Å². The van der Waals surface area contributed by atoms with Crippen molar-refractivity contribution < 1.29 is 4.74 Å². The minimum Gasteiger partial charge on any atom is -0.371 e. The van der Waals surface area contributed by atoms with Gasteiger partial charge in [-0.05, 0) is 38.8 Å². The van der Waals surface area contributed by atoms with E-state index in [-0.39, 0.29) is 5.60 Å². The van der Waals surface area contributed by atoms with Crippen molar-refractivity contribution in [3.63, 3.8) is 0 Å². The summed E-state index contributed by atoms with van der Waals surface area (Å²) in [7, 11) is 0. The average molecular weight is 303 g/mol. The molecule has 0 aliphatic heterocycles. The third-order valence-corrected chi connectivity index (χ3v) is 2.84. The van der Waals surface area contributed by atoms with Crippen molar-refractivity contribution in [1.29, 1.82) is 0 Å². The highest BCUT2D eigenvalue weighted by Crippen LogP contribution is 2.13. The van der Waals surface area contributed by atoms with E-state index in [1.807, 2.05) is 6.08 Å². The summed E-state index contributed by atoms with van der Waals surface area (Å²) in [6, 6.07) is 8.36. The predicted molar refractivity (Wildman–Crippen MR) is 94.0 cm³/mol. The smallest absolute Gasteiger partial charge is 0.191 e. The van der Waals surface area contributed by atoms with Gasteiger partial charge in [0.15, 0.2) is 5.96 Å². The molecule has 0 unspecified atom stereocenters. The molecule has 0 heterocycles. The summed E-state index contributed by atoms with van der Waals surface area (Å²) in [6.45, 7) is 14.7. The van der Waals surface area contributed by atoms with E-state index in [1.165, 1.54) is 11.1 Å². The Morgan fingerprint density at radius 3 is 2.64 bits per heavy atom. The molecule has 22 heavy (non-hydrogen) atoms. The molecule has 0 atom stereocenters. The monoisotopic (exact) mass is 303 g/mol. The number of nitrogens with zero attached hydrogens (tertiary/aromatic N) is 1. The molecule has 0 bridgehead atoms. The molecule has 0 aliphatic carbocycles. The van der Waals surface area contributed by atoms with Gasteiger partial charge in [-0.1, -0.05) is 30.3 Å². The number of rotatable bonds is 7. The van der Waals surface area contributed by atoms with E-state index in [0.717, 1.165) is 12.5 Å². The van der Waals surface area contributed by atoms with Crippen molar-refractivity contribution in [2.24, 2.45) is 4.99 Å². The SMILES string of the molecule is C=CCNC(=NCc1cccc(COC(C)(C)C)c1)NCC. The van der Waals surface area contributed by atoms with Crippen molar-refractivity contribution in [2.75, 3.05) is 13.1 Å². The maximum Gasteiger partial charge on any atom is 0.191 e. The molecule has 0 aromatic heterocycles. The first-order valence-electron chi connectivity index (χ1n) is 7.79. The van der Waals surface area contributed by atoms with Crippen LogP contribution in [0.2, 0.25) is 0 Å². The summed E-state index contributed by atoms with van der Waals surface area (Å²) in [4.78, 5) is 4.58. The van der Waals surface area contributed by atoms with Gasteiger partial charge in [-0.3, -0.25) is 0 Å². The number of benzene rings is 1. The van der Waals surface area contributed by atoms with Gasteiger partial charge < -0.3 is 15.4 Å². The van der Waals surface area contributed by atoms with Crippen LogP contribution >= 0.6 is 0 Å². The van der Waals surface area contributed by atoms with E-state index in [4.69, 9.17) is 4.74 Å². The molecule has 122 valence electrons. The van der Waals surface area contributed by atoms with E-state index in [0.29, 0.717) is 19.7 Å². The van der Waals surface area contributed by atoms with Crippen molar-refractivity contribution in [1.82, 2.24) is 10.6 Å². The van der Waals surface area contributed by atoms with Gasteiger partial charge in [0, 0.05) is 13.1 Å². The Balaban J connectivity index is 2.65. The van der Waals surface area contributed by atoms with Crippen LogP contribution in [-0.2, 0) is 17.9 Å². The fourth-order valence-electron chi connectivity index (χ4n) is 1.80. The number of guanidine groups is 1. The largest absolute Gasteiger partial charge is 0.371 e. The summed E-state index contributed by atoms with van der Waals surface area (Å²) in [5, 5.41) is 6.41. The average Bonchev–Trinajstić information content (AvgIpc) is 2.48. The fourth-order valence-corrected chi connectivity index (χ4v) is 1.80. The number of ether oxygens (including phenoxy) is 1. The molecule has 0 saturated heterocycles. The number of hydrogen-bond donors (Lipinski definition) is 2. The molecular formula is C18H29N3O. The molecule has 0 saturated carbocycles. The van der Waals surface area contributed by atoms with Crippen molar-refractivity contribution in [2.45, 2.75) is 46.4 Å². The van der Waals surface area contributed by atoms with Crippen LogP contribution in [0.25, 0.3) is 0 Å². The van der Waals surface area contributed by atoms with E-state index in [1.54, 1.807) is 0 Å². The zero-order valence-corrected chi connectivity index (χ0v) is 14.3. The Kier molecular flexibility index (Phi) is 7.67. The Bertz CT molecular complexity index is 489.